The van der Waals surface area contributed by atoms with Gasteiger partial charge in [-0.05, 0) is 6.42 Å². The highest BCUT2D eigenvalue weighted by Gasteiger charge is 2.39. The van der Waals surface area contributed by atoms with Gasteiger partial charge in [-0.15, -0.1) is 0 Å². The molecule has 2 heterocycles. The number of cyclic esters (lactones) is 1. The van der Waals surface area contributed by atoms with Gasteiger partial charge in [0.15, 0.2) is 0 Å². The van der Waals surface area contributed by atoms with Gasteiger partial charge in [0.05, 0.1) is 6.61 Å². The number of nitrogens with one attached hydrogen (secondary N) is 1. The van der Waals surface area contributed by atoms with E-state index in [0.717, 1.165) is 13.0 Å². The smallest absolute Gasteiger partial charge is 0.410 e. The first-order valence-corrected chi connectivity index (χ1v) is 5.45. The maximum absolute atomic E-state index is 11.5. The summed E-state index contributed by atoms with van der Waals surface area (Å²) in [5.41, 5.74) is 0. The lowest BCUT2D eigenvalue weighted by atomic mass is 10.1. The second kappa shape index (κ2) is 4.69. The molecule has 1 unspecified atom stereocenters. The number of carbonyl (C=O) groups excluding carboxylic acids is 2. The zero-order chi connectivity index (χ0) is 11.5. The van der Waals surface area contributed by atoms with Gasteiger partial charge in [-0.2, -0.15) is 0 Å². The Morgan fingerprint density at radius 3 is 3.00 bits per heavy atom. The van der Waals surface area contributed by atoms with Crippen molar-refractivity contribution in [3.8, 4) is 0 Å². The highest BCUT2D eigenvalue weighted by atomic mass is 16.6. The lowest BCUT2D eigenvalue weighted by Crippen LogP contribution is -2.46. The van der Waals surface area contributed by atoms with Crippen molar-refractivity contribution in [3.05, 3.63) is 0 Å². The Hall–Kier alpha value is -1.30. The summed E-state index contributed by atoms with van der Waals surface area (Å²) >= 11 is 0. The molecule has 0 bridgehead atoms. The van der Waals surface area contributed by atoms with E-state index < -0.39 is 12.1 Å². The minimum atomic E-state index is -0.488. The molecule has 1 N–H and O–H groups in total. The second-order valence-electron chi connectivity index (χ2n) is 4.09. The van der Waals surface area contributed by atoms with Crippen LogP contribution in [0.4, 0.5) is 4.79 Å². The fraction of sp³-hybridized carbons (Fsp3) is 0.800. The first kappa shape index (κ1) is 11.2. The molecular weight excluding hydrogens is 212 g/mol. The molecule has 0 aliphatic carbocycles. The fourth-order valence-corrected chi connectivity index (χ4v) is 2.04. The van der Waals surface area contributed by atoms with Crippen LogP contribution in [0.15, 0.2) is 0 Å². The van der Waals surface area contributed by atoms with Crippen molar-refractivity contribution in [2.75, 3.05) is 33.4 Å². The van der Waals surface area contributed by atoms with Gasteiger partial charge in [0, 0.05) is 26.1 Å². The molecule has 2 amide bonds. The Labute approximate surface area is 93.9 Å². The van der Waals surface area contributed by atoms with Gasteiger partial charge < -0.3 is 14.8 Å². The Morgan fingerprint density at radius 1 is 1.56 bits per heavy atom. The predicted octanol–water partition coefficient (Wildman–Crippen LogP) is -0.410. The summed E-state index contributed by atoms with van der Waals surface area (Å²) in [6, 6.07) is -0.488. The van der Waals surface area contributed by atoms with Crippen molar-refractivity contribution in [2.24, 2.45) is 5.92 Å². The molecule has 2 atom stereocenters. The van der Waals surface area contributed by atoms with E-state index in [1.807, 2.05) is 0 Å². The highest BCUT2D eigenvalue weighted by Crippen LogP contribution is 2.19. The number of rotatable bonds is 3. The molecular formula is C10H16N2O4. The first-order chi connectivity index (χ1) is 7.72. The van der Waals surface area contributed by atoms with E-state index >= 15 is 0 Å². The molecule has 0 saturated carbocycles. The number of likely N-dealkylation sites (N-methyl/N-ethyl adjacent to an activating group) is 1. The van der Waals surface area contributed by atoms with Crippen LogP contribution >= 0.6 is 0 Å². The van der Waals surface area contributed by atoms with E-state index in [4.69, 9.17) is 9.47 Å². The van der Waals surface area contributed by atoms with Gasteiger partial charge in [0.25, 0.3) is 0 Å². The summed E-state index contributed by atoms with van der Waals surface area (Å²) in [6.07, 6.45) is 0.532. The van der Waals surface area contributed by atoms with Crippen LogP contribution in [-0.4, -0.2) is 56.4 Å². The Kier molecular flexibility index (Phi) is 3.28. The number of ether oxygens (including phenoxy) is 2. The van der Waals surface area contributed by atoms with Crippen molar-refractivity contribution in [1.29, 1.82) is 0 Å². The van der Waals surface area contributed by atoms with Crippen molar-refractivity contribution in [2.45, 2.75) is 12.5 Å². The van der Waals surface area contributed by atoms with Crippen LogP contribution in [-0.2, 0) is 14.3 Å². The summed E-state index contributed by atoms with van der Waals surface area (Å²) in [5, 5.41) is 2.54. The van der Waals surface area contributed by atoms with Gasteiger partial charge in [-0.25, -0.2) is 4.79 Å². The summed E-state index contributed by atoms with van der Waals surface area (Å²) in [7, 11) is 1.56. The zero-order valence-corrected chi connectivity index (χ0v) is 9.27. The van der Waals surface area contributed by atoms with E-state index in [9.17, 15) is 9.59 Å². The second-order valence-corrected chi connectivity index (χ2v) is 4.09. The van der Waals surface area contributed by atoms with E-state index in [0.29, 0.717) is 19.1 Å². The van der Waals surface area contributed by atoms with Gasteiger partial charge in [0.2, 0.25) is 5.91 Å². The fourth-order valence-electron chi connectivity index (χ4n) is 2.04. The summed E-state index contributed by atoms with van der Waals surface area (Å²) in [4.78, 5) is 24.5. The van der Waals surface area contributed by atoms with Crippen LogP contribution < -0.4 is 5.32 Å². The largest absolute Gasteiger partial charge is 0.447 e. The van der Waals surface area contributed by atoms with E-state index in [1.165, 1.54) is 4.90 Å². The van der Waals surface area contributed by atoms with E-state index in [1.54, 1.807) is 7.05 Å². The Balaban J connectivity index is 1.98. The van der Waals surface area contributed by atoms with Gasteiger partial charge in [0.1, 0.15) is 12.6 Å². The van der Waals surface area contributed by atoms with Crippen LogP contribution in [0, 0.1) is 5.92 Å². The average Bonchev–Trinajstić information content (AvgIpc) is 2.90. The monoisotopic (exact) mass is 228 g/mol. The maximum Gasteiger partial charge on any atom is 0.410 e. The van der Waals surface area contributed by atoms with Crippen molar-refractivity contribution >= 4 is 12.0 Å². The number of hydrogen-bond acceptors (Lipinski definition) is 4. The van der Waals surface area contributed by atoms with E-state index in [2.05, 4.69) is 5.32 Å². The lowest BCUT2D eigenvalue weighted by Gasteiger charge is -2.22. The molecule has 0 aromatic heterocycles. The van der Waals surface area contributed by atoms with Gasteiger partial charge in [-0.1, -0.05) is 0 Å². The SMILES string of the molecule is CNC(=O)[C@@H]1COC(=O)N1CC1CCOC1. The number of amides is 2. The van der Waals surface area contributed by atoms with Crippen LogP contribution in [0.3, 0.4) is 0 Å². The third-order valence-corrected chi connectivity index (χ3v) is 3.00. The molecule has 2 aliphatic heterocycles. The normalized spacial score (nSPS) is 29.3. The van der Waals surface area contributed by atoms with Crippen LogP contribution in [0.25, 0.3) is 0 Å². The van der Waals surface area contributed by atoms with Gasteiger partial charge in [-0.3, -0.25) is 9.69 Å². The summed E-state index contributed by atoms with van der Waals surface area (Å²) in [6.45, 7) is 2.07. The predicted molar refractivity (Wildman–Crippen MR) is 54.8 cm³/mol. The summed E-state index contributed by atoms with van der Waals surface area (Å²) < 4.78 is 10.1. The summed E-state index contributed by atoms with van der Waals surface area (Å²) in [5.74, 6) is 0.141. The zero-order valence-electron chi connectivity index (χ0n) is 9.27. The Bertz CT molecular complexity index is 289. The number of nitrogens with zero attached hydrogens (tertiary/aromatic N) is 1. The lowest BCUT2D eigenvalue weighted by molar-refractivity contribution is -0.124. The number of hydrogen-bond donors (Lipinski definition) is 1. The molecule has 2 fully saturated rings. The molecule has 0 aromatic carbocycles. The average molecular weight is 228 g/mol. The minimum absolute atomic E-state index is 0.145. The third-order valence-electron chi connectivity index (χ3n) is 3.00. The van der Waals surface area contributed by atoms with E-state index in [-0.39, 0.29) is 12.5 Å². The minimum Gasteiger partial charge on any atom is -0.447 e. The Morgan fingerprint density at radius 2 is 2.38 bits per heavy atom. The van der Waals surface area contributed by atoms with Crippen LogP contribution in [0.1, 0.15) is 6.42 Å². The van der Waals surface area contributed by atoms with Crippen molar-refractivity contribution < 1.29 is 19.1 Å². The maximum atomic E-state index is 11.5. The molecule has 16 heavy (non-hydrogen) atoms. The van der Waals surface area contributed by atoms with Gasteiger partial charge >= 0.3 is 6.09 Å². The molecule has 2 aliphatic rings. The molecule has 0 aromatic rings. The molecule has 6 heteroatoms. The van der Waals surface area contributed by atoms with Crippen LogP contribution in [0.2, 0.25) is 0 Å². The molecule has 2 rings (SSSR count). The van der Waals surface area contributed by atoms with Crippen molar-refractivity contribution in [3.63, 3.8) is 0 Å². The molecule has 0 spiro atoms. The first-order valence-electron chi connectivity index (χ1n) is 5.45. The van der Waals surface area contributed by atoms with Crippen molar-refractivity contribution in [1.82, 2.24) is 10.2 Å². The molecule has 0 radical (unpaired) electrons. The highest BCUT2D eigenvalue weighted by molar-refractivity contribution is 5.87. The quantitative estimate of drug-likeness (QED) is 0.713. The van der Waals surface area contributed by atoms with Crippen LogP contribution in [0.5, 0.6) is 0 Å². The molecule has 6 nitrogen and oxygen atoms in total. The third kappa shape index (κ3) is 2.11. The number of carbonyl (C=O) groups is 2. The molecule has 90 valence electrons. The molecule has 2 saturated heterocycles. The topological polar surface area (TPSA) is 67.9 Å². The standard InChI is InChI=1S/C10H16N2O4/c1-11-9(13)8-6-16-10(14)12(8)4-7-2-3-15-5-7/h7-8H,2-6H2,1H3,(H,11,13)/t7?,8-/m0/s1.